The molecule has 0 saturated carbocycles. The van der Waals surface area contributed by atoms with Gasteiger partial charge in [0.1, 0.15) is 5.01 Å². The van der Waals surface area contributed by atoms with E-state index in [-0.39, 0.29) is 6.61 Å². The van der Waals surface area contributed by atoms with Gasteiger partial charge in [0.25, 0.3) is 0 Å². The molecule has 17 heavy (non-hydrogen) atoms. The highest BCUT2D eigenvalue weighted by Crippen LogP contribution is 2.39. The molecule has 0 bridgehead atoms. The Morgan fingerprint density at radius 2 is 2.06 bits per heavy atom. The van der Waals surface area contributed by atoms with E-state index in [1.807, 2.05) is 0 Å². The summed E-state index contributed by atoms with van der Waals surface area (Å²) in [7, 11) is 0. The molecule has 0 atom stereocenters. The van der Waals surface area contributed by atoms with Crippen LogP contribution in [-0.4, -0.2) is 29.9 Å². The van der Waals surface area contributed by atoms with Gasteiger partial charge in [0.15, 0.2) is 5.69 Å². The minimum absolute atomic E-state index is 0.193. The molecule has 0 aliphatic carbocycles. The third-order valence-electron chi connectivity index (χ3n) is 3.00. The van der Waals surface area contributed by atoms with Crippen LogP contribution in [0.25, 0.3) is 0 Å². The van der Waals surface area contributed by atoms with Crippen molar-refractivity contribution in [1.29, 1.82) is 0 Å². The van der Waals surface area contributed by atoms with Crippen LogP contribution in [0.3, 0.4) is 0 Å². The number of hydrogen-bond donors (Lipinski definition) is 1. The molecule has 1 aliphatic rings. The van der Waals surface area contributed by atoms with Gasteiger partial charge in [-0.25, -0.2) is 4.98 Å². The van der Waals surface area contributed by atoms with Crippen LogP contribution in [0.4, 0.5) is 13.2 Å². The Labute approximate surface area is 100 Å². The molecule has 1 aromatic heterocycles. The predicted octanol–water partition coefficient (Wildman–Crippen LogP) is 2.20. The summed E-state index contributed by atoms with van der Waals surface area (Å²) in [6.45, 7) is 0.699. The van der Waals surface area contributed by atoms with Gasteiger partial charge in [0.2, 0.25) is 0 Å². The van der Waals surface area contributed by atoms with Gasteiger partial charge in [-0.15, -0.1) is 11.3 Å². The lowest BCUT2D eigenvalue weighted by Gasteiger charge is -2.33. The van der Waals surface area contributed by atoms with E-state index >= 15 is 0 Å². The van der Waals surface area contributed by atoms with E-state index in [4.69, 9.17) is 4.74 Å². The maximum atomic E-state index is 12.5. The molecule has 1 aliphatic heterocycles. The molecule has 3 nitrogen and oxygen atoms in total. The number of halogens is 3. The van der Waals surface area contributed by atoms with Crippen LogP contribution >= 0.6 is 11.3 Å². The second-order valence-electron chi connectivity index (χ2n) is 4.09. The Hall–Kier alpha value is -0.660. The van der Waals surface area contributed by atoms with Crippen molar-refractivity contribution in [1.82, 2.24) is 4.98 Å². The van der Waals surface area contributed by atoms with Gasteiger partial charge in [-0.2, -0.15) is 13.2 Å². The van der Waals surface area contributed by atoms with E-state index in [2.05, 4.69) is 4.98 Å². The summed E-state index contributed by atoms with van der Waals surface area (Å²) in [6, 6.07) is 0. The van der Waals surface area contributed by atoms with Gasteiger partial charge in [-0.3, -0.25) is 0 Å². The second-order valence-corrected chi connectivity index (χ2v) is 4.94. The number of hydrogen-bond acceptors (Lipinski definition) is 4. The number of thiazole rings is 1. The fraction of sp³-hybridized carbons (Fsp3) is 0.700. The van der Waals surface area contributed by atoms with Crippen LogP contribution in [0.15, 0.2) is 5.38 Å². The van der Waals surface area contributed by atoms with Gasteiger partial charge >= 0.3 is 6.18 Å². The summed E-state index contributed by atoms with van der Waals surface area (Å²) in [4.78, 5) is 3.63. The van der Waals surface area contributed by atoms with Crippen molar-refractivity contribution >= 4 is 11.3 Å². The fourth-order valence-corrected chi connectivity index (χ4v) is 2.93. The van der Waals surface area contributed by atoms with E-state index in [1.54, 1.807) is 0 Å². The minimum atomic E-state index is -4.42. The van der Waals surface area contributed by atoms with Crippen molar-refractivity contribution in [3.8, 4) is 0 Å². The number of nitrogens with zero attached hydrogens (tertiary/aromatic N) is 1. The van der Waals surface area contributed by atoms with Crippen LogP contribution < -0.4 is 0 Å². The lowest BCUT2D eigenvalue weighted by Crippen LogP contribution is -2.37. The van der Waals surface area contributed by atoms with E-state index in [0.717, 1.165) is 16.7 Å². The standard InChI is InChI=1S/C10H12F3NO2S/c11-10(12,13)7-5-17-8(14-7)9(6-15)1-3-16-4-2-9/h5,15H,1-4,6H2. The molecule has 96 valence electrons. The third-order valence-corrected chi connectivity index (χ3v) is 4.09. The molecule has 1 fully saturated rings. The normalized spacial score (nSPS) is 20.5. The summed E-state index contributed by atoms with van der Waals surface area (Å²) in [5, 5.41) is 10.8. The fourth-order valence-electron chi connectivity index (χ4n) is 1.85. The largest absolute Gasteiger partial charge is 0.434 e. The Morgan fingerprint density at radius 3 is 2.53 bits per heavy atom. The number of ether oxygens (including phenoxy) is 1. The molecule has 2 heterocycles. The van der Waals surface area contributed by atoms with Crippen LogP contribution in [-0.2, 0) is 16.3 Å². The smallest absolute Gasteiger partial charge is 0.395 e. The van der Waals surface area contributed by atoms with Crippen molar-refractivity contribution in [3.05, 3.63) is 16.1 Å². The summed E-state index contributed by atoms with van der Waals surface area (Å²) >= 11 is 0.960. The van der Waals surface area contributed by atoms with Crippen LogP contribution in [0.2, 0.25) is 0 Å². The molecule has 0 aromatic carbocycles. The van der Waals surface area contributed by atoms with Gasteiger partial charge < -0.3 is 9.84 Å². The molecular formula is C10H12F3NO2S. The second kappa shape index (κ2) is 4.55. The van der Waals surface area contributed by atoms with Crippen molar-refractivity contribution < 1.29 is 23.0 Å². The summed E-state index contributed by atoms with van der Waals surface area (Å²) < 4.78 is 42.5. The number of aliphatic hydroxyl groups is 1. The van der Waals surface area contributed by atoms with Crippen molar-refractivity contribution in [2.75, 3.05) is 19.8 Å². The average molecular weight is 267 g/mol. The van der Waals surface area contributed by atoms with Crippen LogP contribution in [0.1, 0.15) is 23.5 Å². The lowest BCUT2D eigenvalue weighted by molar-refractivity contribution is -0.140. The van der Waals surface area contributed by atoms with Gasteiger partial charge in [0.05, 0.1) is 6.61 Å². The van der Waals surface area contributed by atoms with E-state index in [9.17, 15) is 18.3 Å². The van der Waals surface area contributed by atoms with E-state index < -0.39 is 17.3 Å². The number of rotatable bonds is 2. The molecule has 1 N–H and O–H groups in total. The molecule has 7 heteroatoms. The molecule has 0 unspecified atom stereocenters. The topological polar surface area (TPSA) is 42.4 Å². The first-order valence-electron chi connectivity index (χ1n) is 5.20. The molecule has 1 aromatic rings. The molecule has 0 amide bonds. The molecule has 1 saturated heterocycles. The Kier molecular flexibility index (Phi) is 3.42. The first-order valence-corrected chi connectivity index (χ1v) is 6.08. The monoisotopic (exact) mass is 267 g/mol. The zero-order valence-electron chi connectivity index (χ0n) is 8.96. The Balaban J connectivity index is 2.28. The third kappa shape index (κ3) is 2.46. The van der Waals surface area contributed by atoms with Crippen molar-refractivity contribution in [2.24, 2.45) is 0 Å². The molecule has 2 rings (SSSR count). The number of alkyl halides is 3. The quantitative estimate of drug-likeness (QED) is 0.893. The summed E-state index contributed by atoms with van der Waals surface area (Å²) in [6.07, 6.45) is -3.40. The van der Waals surface area contributed by atoms with E-state index in [1.165, 1.54) is 0 Å². The first-order chi connectivity index (χ1) is 7.98. The maximum Gasteiger partial charge on any atom is 0.434 e. The summed E-state index contributed by atoms with van der Waals surface area (Å²) in [5.74, 6) is 0. The highest BCUT2D eigenvalue weighted by molar-refractivity contribution is 7.09. The zero-order chi connectivity index (χ0) is 12.5. The molecular weight excluding hydrogens is 255 g/mol. The van der Waals surface area contributed by atoms with Gasteiger partial charge in [0, 0.05) is 24.0 Å². The maximum absolute atomic E-state index is 12.5. The van der Waals surface area contributed by atoms with Gasteiger partial charge in [-0.1, -0.05) is 0 Å². The lowest BCUT2D eigenvalue weighted by atomic mass is 9.82. The minimum Gasteiger partial charge on any atom is -0.395 e. The molecule has 0 spiro atoms. The molecule has 0 radical (unpaired) electrons. The van der Waals surface area contributed by atoms with E-state index in [0.29, 0.717) is 31.1 Å². The van der Waals surface area contributed by atoms with Crippen LogP contribution in [0.5, 0.6) is 0 Å². The first kappa shape index (κ1) is 12.8. The predicted molar refractivity (Wildman–Crippen MR) is 55.9 cm³/mol. The number of aliphatic hydroxyl groups excluding tert-OH is 1. The van der Waals surface area contributed by atoms with Gasteiger partial charge in [-0.05, 0) is 12.8 Å². The highest BCUT2D eigenvalue weighted by atomic mass is 32.1. The SMILES string of the molecule is OCC1(c2nc(C(F)(F)F)cs2)CCOCC1. The van der Waals surface area contributed by atoms with Crippen molar-refractivity contribution in [3.63, 3.8) is 0 Å². The van der Waals surface area contributed by atoms with Crippen LogP contribution in [0, 0.1) is 0 Å². The number of aromatic nitrogens is 1. The summed E-state index contributed by atoms with van der Waals surface area (Å²) in [5.41, 5.74) is -1.54. The average Bonchev–Trinajstić information content (AvgIpc) is 2.79. The van der Waals surface area contributed by atoms with Crippen molar-refractivity contribution in [2.45, 2.75) is 24.4 Å². The Bertz CT molecular complexity index is 385. The zero-order valence-corrected chi connectivity index (χ0v) is 9.77. The Morgan fingerprint density at radius 1 is 1.41 bits per heavy atom. The highest BCUT2D eigenvalue weighted by Gasteiger charge is 2.40.